The van der Waals surface area contributed by atoms with Gasteiger partial charge in [-0.25, -0.2) is 0 Å². The highest BCUT2D eigenvalue weighted by Gasteiger charge is 2.34. The molecule has 0 aromatic heterocycles. The Bertz CT molecular complexity index is 577. The van der Waals surface area contributed by atoms with Gasteiger partial charge >= 0.3 is 6.18 Å². The third kappa shape index (κ3) is 5.58. The number of halogens is 3. The standard InChI is InChI=1S/C16H21F3N2O4/c1-21(15(23)14-8-20-6-7-24-14)9-11(22)10-25-13-5-3-2-4-12(13)16(17,18)19/h2-5,11,14,20,22H,6-10H2,1H3/t11-,14+/m0/s1. The molecule has 1 aromatic carbocycles. The maximum Gasteiger partial charge on any atom is 0.419 e. The van der Waals surface area contributed by atoms with E-state index in [-0.39, 0.29) is 24.8 Å². The molecule has 1 heterocycles. The smallest absolute Gasteiger partial charge is 0.419 e. The normalized spacial score (nSPS) is 19.3. The van der Waals surface area contributed by atoms with E-state index < -0.39 is 23.9 Å². The van der Waals surface area contributed by atoms with Crippen LogP contribution < -0.4 is 10.1 Å². The minimum atomic E-state index is -4.54. The van der Waals surface area contributed by atoms with Gasteiger partial charge in [0, 0.05) is 26.7 Å². The molecule has 0 radical (unpaired) electrons. The van der Waals surface area contributed by atoms with Crippen molar-refractivity contribution < 1.29 is 32.5 Å². The molecule has 2 rings (SSSR count). The first-order valence-electron chi connectivity index (χ1n) is 7.83. The van der Waals surface area contributed by atoms with Gasteiger partial charge in [-0.2, -0.15) is 13.2 Å². The van der Waals surface area contributed by atoms with E-state index in [0.29, 0.717) is 19.7 Å². The van der Waals surface area contributed by atoms with Crippen molar-refractivity contribution >= 4 is 5.91 Å². The maximum absolute atomic E-state index is 12.9. The molecule has 9 heteroatoms. The summed E-state index contributed by atoms with van der Waals surface area (Å²) in [4.78, 5) is 13.4. The van der Waals surface area contributed by atoms with Crippen LogP contribution in [0, 0.1) is 0 Å². The van der Waals surface area contributed by atoms with Gasteiger partial charge in [-0.1, -0.05) is 12.1 Å². The quantitative estimate of drug-likeness (QED) is 0.787. The van der Waals surface area contributed by atoms with Crippen LogP contribution in [0.3, 0.4) is 0 Å². The van der Waals surface area contributed by atoms with Gasteiger partial charge in [0.25, 0.3) is 5.91 Å². The molecule has 1 fully saturated rings. The number of carbonyl (C=O) groups is 1. The number of ether oxygens (including phenoxy) is 2. The summed E-state index contributed by atoms with van der Waals surface area (Å²) in [7, 11) is 1.49. The minimum absolute atomic E-state index is 0.0765. The molecule has 2 N–H and O–H groups in total. The van der Waals surface area contributed by atoms with E-state index in [1.807, 2.05) is 0 Å². The fourth-order valence-corrected chi connectivity index (χ4v) is 2.44. The molecule has 2 atom stereocenters. The highest BCUT2D eigenvalue weighted by Crippen LogP contribution is 2.35. The van der Waals surface area contributed by atoms with Crippen molar-refractivity contribution in [2.24, 2.45) is 0 Å². The van der Waals surface area contributed by atoms with E-state index in [2.05, 4.69) is 5.32 Å². The molecule has 6 nitrogen and oxygen atoms in total. The van der Waals surface area contributed by atoms with Crippen molar-refractivity contribution in [3.05, 3.63) is 29.8 Å². The van der Waals surface area contributed by atoms with Crippen LogP contribution in [-0.4, -0.2) is 68.0 Å². The van der Waals surface area contributed by atoms with Crippen LogP contribution in [0.5, 0.6) is 5.75 Å². The van der Waals surface area contributed by atoms with E-state index in [9.17, 15) is 23.1 Å². The van der Waals surface area contributed by atoms with Gasteiger partial charge in [-0.3, -0.25) is 4.79 Å². The van der Waals surface area contributed by atoms with Gasteiger partial charge in [-0.15, -0.1) is 0 Å². The molecule has 0 bridgehead atoms. The first-order chi connectivity index (χ1) is 11.8. The fourth-order valence-electron chi connectivity index (χ4n) is 2.44. The molecular formula is C16H21F3N2O4. The van der Waals surface area contributed by atoms with Gasteiger partial charge < -0.3 is 24.8 Å². The molecule has 1 aromatic rings. The van der Waals surface area contributed by atoms with Crippen LogP contribution >= 0.6 is 0 Å². The number of benzene rings is 1. The Kier molecular flexibility index (Phi) is 6.63. The summed E-state index contributed by atoms with van der Waals surface area (Å²) in [5, 5.41) is 13.0. The Hall–Kier alpha value is -1.84. The number of amides is 1. The maximum atomic E-state index is 12.9. The van der Waals surface area contributed by atoms with Crippen LogP contribution in [0.25, 0.3) is 0 Å². The van der Waals surface area contributed by atoms with E-state index in [4.69, 9.17) is 9.47 Å². The molecular weight excluding hydrogens is 341 g/mol. The SMILES string of the molecule is CN(C[C@H](O)COc1ccccc1C(F)(F)F)C(=O)[C@H]1CNCCO1. The number of para-hydroxylation sites is 1. The summed E-state index contributed by atoms with van der Waals surface area (Å²) in [6.07, 6.45) is -6.30. The molecule has 0 unspecified atom stereocenters. The predicted octanol–water partition coefficient (Wildman–Crippen LogP) is 0.892. The molecule has 140 valence electrons. The molecule has 0 aliphatic carbocycles. The number of nitrogens with one attached hydrogen (secondary N) is 1. The number of likely N-dealkylation sites (N-methyl/N-ethyl adjacent to an activating group) is 1. The number of aliphatic hydroxyl groups is 1. The molecule has 1 aliphatic rings. The van der Waals surface area contributed by atoms with Crippen molar-refractivity contribution in [2.75, 3.05) is 39.9 Å². The summed E-state index contributed by atoms with van der Waals surface area (Å²) >= 11 is 0. The number of nitrogens with zero attached hydrogens (tertiary/aromatic N) is 1. The fraction of sp³-hybridized carbons (Fsp3) is 0.562. The highest BCUT2D eigenvalue weighted by molar-refractivity contribution is 5.81. The molecule has 1 amide bonds. The lowest BCUT2D eigenvalue weighted by molar-refractivity contribution is -0.145. The molecule has 25 heavy (non-hydrogen) atoms. The molecule has 1 aliphatic heterocycles. The lowest BCUT2D eigenvalue weighted by Crippen LogP contribution is -2.50. The van der Waals surface area contributed by atoms with Gasteiger partial charge in [-0.05, 0) is 12.1 Å². The lowest BCUT2D eigenvalue weighted by Gasteiger charge is -2.28. The summed E-state index contributed by atoms with van der Waals surface area (Å²) in [5.74, 6) is -0.662. The van der Waals surface area contributed by atoms with E-state index in [1.165, 1.54) is 30.1 Å². The van der Waals surface area contributed by atoms with Crippen LogP contribution in [0.2, 0.25) is 0 Å². The Morgan fingerprint density at radius 1 is 1.48 bits per heavy atom. The van der Waals surface area contributed by atoms with Crippen molar-refractivity contribution in [1.29, 1.82) is 0 Å². The minimum Gasteiger partial charge on any atom is -0.490 e. The predicted molar refractivity (Wildman–Crippen MR) is 83.2 cm³/mol. The third-order valence-corrected chi connectivity index (χ3v) is 3.69. The van der Waals surface area contributed by atoms with Crippen LogP contribution in [0.15, 0.2) is 24.3 Å². The first kappa shape index (κ1) is 19.5. The van der Waals surface area contributed by atoms with E-state index in [0.717, 1.165) is 6.07 Å². The summed E-state index contributed by atoms with van der Waals surface area (Å²) in [5.41, 5.74) is -0.909. The monoisotopic (exact) mass is 362 g/mol. The largest absolute Gasteiger partial charge is 0.490 e. The van der Waals surface area contributed by atoms with Crippen molar-refractivity contribution in [3.63, 3.8) is 0 Å². The van der Waals surface area contributed by atoms with Crippen LogP contribution in [0.1, 0.15) is 5.56 Å². The Labute approximate surface area is 143 Å². The average Bonchev–Trinajstić information content (AvgIpc) is 2.59. The molecule has 0 spiro atoms. The van der Waals surface area contributed by atoms with Crippen LogP contribution in [-0.2, 0) is 15.7 Å². The molecule has 0 saturated carbocycles. The number of morpholine rings is 1. The Morgan fingerprint density at radius 2 is 2.20 bits per heavy atom. The summed E-state index contributed by atoms with van der Waals surface area (Å²) in [6.45, 7) is 1.03. The number of aliphatic hydroxyl groups excluding tert-OH is 1. The molecule has 1 saturated heterocycles. The second kappa shape index (κ2) is 8.50. The zero-order valence-corrected chi connectivity index (χ0v) is 13.8. The van der Waals surface area contributed by atoms with Crippen molar-refractivity contribution in [1.82, 2.24) is 10.2 Å². The first-order valence-corrected chi connectivity index (χ1v) is 7.83. The average molecular weight is 362 g/mol. The number of hydrogen-bond acceptors (Lipinski definition) is 5. The number of hydrogen-bond donors (Lipinski definition) is 2. The second-order valence-corrected chi connectivity index (χ2v) is 5.74. The second-order valence-electron chi connectivity index (χ2n) is 5.74. The Morgan fingerprint density at radius 3 is 2.84 bits per heavy atom. The highest BCUT2D eigenvalue weighted by atomic mass is 19.4. The van der Waals surface area contributed by atoms with Crippen molar-refractivity contribution in [3.8, 4) is 5.75 Å². The van der Waals surface area contributed by atoms with E-state index in [1.54, 1.807) is 0 Å². The van der Waals surface area contributed by atoms with E-state index >= 15 is 0 Å². The summed E-state index contributed by atoms with van der Waals surface area (Å²) in [6, 6.07) is 4.77. The lowest BCUT2D eigenvalue weighted by atomic mass is 10.2. The topological polar surface area (TPSA) is 71.0 Å². The van der Waals surface area contributed by atoms with Gasteiger partial charge in [0.2, 0.25) is 0 Å². The number of alkyl halides is 3. The van der Waals surface area contributed by atoms with Crippen molar-refractivity contribution in [2.45, 2.75) is 18.4 Å². The zero-order valence-electron chi connectivity index (χ0n) is 13.8. The van der Waals surface area contributed by atoms with Gasteiger partial charge in [0.1, 0.15) is 24.6 Å². The van der Waals surface area contributed by atoms with Gasteiger partial charge in [0.05, 0.1) is 12.2 Å². The third-order valence-electron chi connectivity index (χ3n) is 3.69. The zero-order chi connectivity index (χ0) is 18.4. The summed E-state index contributed by atoms with van der Waals surface area (Å²) < 4.78 is 49.1. The Balaban J connectivity index is 1.86. The van der Waals surface area contributed by atoms with Gasteiger partial charge in [0.15, 0.2) is 0 Å². The number of rotatable bonds is 6. The number of carbonyl (C=O) groups excluding carboxylic acids is 1. The van der Waals surface area contributed by atoms with Crippen LogP contribution in [0.4, 0.5) is 13.2 Å².